The van der Waals surface area contributed by atoms with Gasteiger partial charge >= 0.3 is 0 Å². The lowest BCUT2D eigenvalue weighted by atomic mass is 10.1. The highest BCUT2D eigenvalue weighted by molar-refractivity contribution is 14.0. The Kier molecular flexibility index (Phi) is 12.8. The van der Waals surface area contributed by atoms with E-state index in [0.717, 1.165) is 56.4 Å². The maximum atomic E-state index is 5.35. The zero-order valence-corrected chi connectivity index (χ0v) is 17.0. The second kappa shape index (κ2) is 13.4. The molecular formula is C17H30IN3O2. The lowest BCUT2D eigenvalue weighted by Crippen LogP contribution is -2.39. The molecule has 0 amide bonds. The monoisotopic (exact) mass is 435 g/mol. The molecule has 0 radical (unpaired) electrons. The normalized spacial score (nSPS) is 10.9. The van der Waals surface area contributed by atoms with Crippen molar-refractivity contribution in [2.75, 3.05) is 40.5 Å². The molecule has 0 unspecified atom stereocenters. The number of nitrogens with one attached hydrogen (secondary N) is 2. The van der Waals surface area contributed by atoms with E-state index in [4.69, 9.17) is 9.47 Å². The van der Waals surface area contributed by atoms with Crippen LogP contribution in [0.3, 0.4) is 0 Å². The average Bonchev–Trinajstić information content (AvgIpc) is 2.54. The molecule has 6 heteroatoms. The van der Waals surface area contributed by atoms with Crippen LogP contribution in [0.1, 0.15) is 24.5 Å². The van der Waals surface area contributed by atoms with Gasteiger partial charge in [-0.25, -0.2) is 0 Å². The minimum atomic E-state index is 0. The van der Waals surface area contributed by atoms with E-state index in [-0.39, 0.29) is 24.0 Å². The second-order valence-electron chi connectivity index (χ2n) is 5.03. The van der Waals surface area contributed by atoms with Gasteiger partial charge in [0.2, 0.25) is 0 Å². The molecule has 0 saturated heterocycles. The third-order valence-corrected chi connectivity index (χ3v) is 3.36. The first-order valence-electron chi connectivity index (χ1n) is 7.87. The van der Waals surface area contributed by atoms with E-state index in [1.54, 1.807) is 14.2 Å². The van der Waals surface area contributed by atoms with Gasteiger partial charge in [0.1, 0.15) is 5.75 Å². The van der Waals surface area contributed by atoms with Crippen LogP contribution in [0.15, 0.2) is 23.2 Å². The molecule has 0 aliphatic carbocycles. The van der Waals surface area contributed by atoms with Gasteiger partial charge in [0.25, 0.3) is 0 Å². The molecule has 0 spiro atoms. The summed E-state index contributed by atoms with van der Waals surface area (Å²) in [6.07, 6.45) is 1.90. The van der Waals surface area contributed by atoms with Crippen molar-refractivity contribution in [2.45, 2.75) is 26.7 Å². The Hall–Kier alpha value is -1.02. The van der Waals surface area contributed by atoms with Gasteiger partial charge in [-0.2, -0.15) is 0 Å². The first-order chi connectivity index (χ1) is 10.7. The molecule has 0 aromatic heterocycles. The maximum Gasteiger partial charge on any atom is 0.190 e. The van der Waals surface area contributed by atoms with Gasteiger partial charge < -0.3 is 20.1 Å². The summed E-state index contributed by atoms with van der Waals surface area (Å²) in [4.78, 5) is 4.21. The van der Waals surface area contributed by atoms with Crippen LogP contribution in [0.25, 0.3) is 0 Å². The molecule has 2 N–H and O–H groups in total. The van der Waals surface area contributed by atoms with Crippen molar-refractivity contribution in [2.24, 2.45) is 4.99 Å². The van der Waals surface area contributed by atoms with Crippen molar-refractivity contribution in [3.63, 3.8) is 0 Å². The Morgan fingerprint density at radius 1 is 1.22 bits per heavy atom. The summed E-state index contributed by atoms with van der Waals surface area (Å²) < 4.78 is 10.7. The fraction of sp³-hybridized carbons (Fsp3) is 0.588. The number of hydrogen-bond donors (Lipinski definition) is 2. The zero-order chi connectivity index (χ0) is 16.2. The van der Waals surface area contributed by atoms with Gasteiger partial charge in [-0.15, -0.1) is 24.0 Å². The Morgan fingerprint density at radius 2 is 1.96 bits per heavy atom. The average molecular weight is 435 g/mol. The number of guanidine groups is 1. The van der Waals surface area contributed by atoms with Crippen LogP contribution in [-0.4, -0.2) is 46.4 Å². The highest BCUT2D eigenvalue weighted by atomic mass is 127. The number of halogens is 1. The molecule has 1 rings (SSSR count). The number of aliphatic imine (C=N–C) groups is 1. The smallest absolute Gasteiger partial charge is 0.190 e. The number of aryl methyl sites for hydroxylation is 1. The molecule has 0 aliphatic rings. The van der Waals surface area contributed by atoms with Gasteiger partial charge in [-0.1, -0.05) is 12.1 Å². The zero-order valence-electron chi connectivity index (χ0n) is 14.6. The lowest BCUT2D eigenvalue weighted by Gasteiger charge is -2.12. The van der Waals surface area contributed by atoms with Gasteiger partial charge in [0, 0.05) is 33.4 Å². The minimum absolute atomic E-state index is 0. The quantitative estimate of drug-likeness (QED) is 0.271. The summed E-state index contributed by atoms with van der Waals surface area (Å²) in [7, 11) is 3.49. The van der Waals surface area contributed by atoms with Gasteiger partial charge in [-0.05, 0) is 43.9 Å². The summed E-state index contributed by atoms with van der Waals surface area (Å²) in [6, 6.07) is 6.32. The maximum absolute atomic E-state index is 5.35. The van der Waals surface area contributed by atoms with Crippen LogP contribution in [-0.2, 0) is 11.2 Å². The van der Waals surface area contributed by atoms with Crippen molar-refractivity contribution in [3.05, 3.63) is 29.3 Å². The number of hydrogen-bond acceptors (Lipinski definition) is 3. The van der Waals surface area contributed by atoms with Crippen molar-refractivity contribution in [1.82, 2.24) is 10.6 Å². The number of nitrogens with zero attached hydrogens (tertiary/aromatic N) is 1. The van der Waals surface area contributed by atoms with Crippen molar-refractivity contribution in [1.29, 1.82) is 0 Å². The molecular weight excluding hydrogens is 405 g/mol. The van der Waals surface area contributed by atoms with Crippen molar-refractivity contribution >= 4 is 29.9 Å². The van der Waals surface area contributed by atoms with Crippen LogP contribution >= 0.6 is 24.0 Å². The summed E-state index contributed by atoms with van der Waals surface area (Å²) in [5.41, 5.74) is 2.41. The molecule has 0 saturated carbocycles. The molecule has 0 fully saturated rings. The second-order valence-corrected chi connectivity index (χ2v) is 5.03. The van der Waals surface area contributed by atoms with Crippen LogP contribution in [0, 0.1) is 6.92 Å². The van der Waals surface area contributed by atoms with E-state index >= 15 is 0 Å². The third-order valence-electron chi connectivity index (χ3n) is 3.36. The fourth-order valence-corrected chi connectivity index (χ4v) is 2.09. The molecule has 1 aromatic carbocycles. The highest BCUT2D eigenvalue weighted by Crippen LogP contribution is 2.18. The van der Waals surface area contributed by atoms with E-state index in [2.05, 4.69) is 40.7 Å². The SMILES string of the molecule is CCOCCCNC(=NC)NCCc1ccc(C)c(OC)c1.I. The Balaban J connectivity index is 0.00000484. The number of ether oxygens (including phenoxy) is 2. The minimum Gasteiger partial charge on any atom is -0.496 e. The standard InChI is InChI=1S/C17H29N3O2.HI/c1-5-22-12-6-10-19-17(18-3)20-11-9-15-8-7-14(2)16(13-15)21-4;/h7-8,13H,5-6,9-12H2,1-4H3,(H2,18,19,20);1H. The summed E-state index contributed by atoms with van der Waals surface area (Å²) in [6.45, 7) is 7.30. The fourth-order valence-electron chi connectivity index (χ4n) is 2.09. The predicted octanol–water partition coefficient (Wildman–Crippen LogP) is 2.76. The molecule has 0 bridgehead atoms. The van der Waals surface area contributed by atoms with Crippen LogP contribution in [0.2, 0.25) is 0 Å². The first-order valence-corrected chi connectivity index (χ1v) is 7.87. The summed E-state index contributed by atoms with van der Waals surface area (Å²) in [5.74, 6) is 1.77. The van der Waals surface area contributed by atoms with E-state index in [9.17, 15) is 0 Å². The number of benzene rings is 1. The Bertz CT molecular complexity index is 467. The van der Waals surface area contributed by atoms with Gasteiger partial charge in [-0.3, -0.25) is 4.99 Å². The van der Waals surface area contributed by atoms with Crippen molar-refractivity contribution < 1.29 is 9.47 Å². The van der Waals surface area contributed by atoms with Gasteiger partial charge in [0.15, 0.2) is 5.96 Å². The molecule has 0 aliphatic heterocycles. The van der Waals surface area contributed by atoms with Crippen LogP contribution in [0.4, 0.5) is 0 Å². The predicted molar refractivity (Wildman–Crippen MR) is 107 cm³/mol. The van der Waals surface area contributed by atoms with Crippen molar-refractivity contribution in [3.8, 4) is 5.75 Å². The van der Waals surface area contributed by atoms with Crippen LogP contribution < -0.4 is 15.4 Å². The topological polar surface area (TPSA) is 54.9 Å². The van der Waals surface area contributed by atoms with E-state index in [1.807, 2.05) is 6.92 Å². The number of rotatable bonds is 9. The molecule has 1 aromatic rings. The van der Waals surface area contributed by atoms with E-state index in [0.29, 0.717) is 0 Å². The molecule has 0 heterocycles. The van der Waals surface area contributed by atoms with E-state index < -0.39 is 0 Å². The van der Waals surface area contributed by atoms with Gasteiger partial charge in [0.05, 0.1) is 7.11 Å². The van der Waals surface area contributed by atoms with E-state index in [1.165, 1.54) is 5.56 Å². The molecule has 5 nitrogen and oxygen atoms in total. The van der Waals surface area contributed by atoms with Crippen LogP contribution in [0.5, 0.6) is 5.75 Å². The summed E-state index contributed by atoms with van der Waals surface area (Å²) in [5, 5.41) is 6.60. The highest BCUT2D eigenvalue weighted by Gasteiger charge is 2.01. The number of methoxy groups -OCH3 is 1. The third kappa shape index (κ3) is 9.00. The Morgan fingerprint density at radius 3 is 2.61 bits per heavy atom. The molecule has 23 heavy (non-hydrogen) atoms. The largest absolute Gasteiger partial charge is 0.496 e. The first kappa shape index (κ1) is 22.0. The molecule has 132 valence electrons. The lowest BCUT2D eigenvalue weighted by molar-refractivity contribution is 0.145. The Labute approximate surface area is 157 Å². The molecule has 0 atom stereocenters. The summed E-state index contributed by atoms with van der Waals surface area (Å²) >= 11 is 0.